The molecule has 1 aromatic rings. The Balaban J connectivity index is 3.17. The average Bonchev–Trinajstić information content (AvgIpc) is 2.32. The molecule has 6 heteroatoms. The van der Waals surface area contributed by atoms with Gasteiger partial charge < -0.3 is 5.53 Å². The van der Waals surface area contributed by atoms with E-state index in [0.29, 0.717) is 5.04 Å². The lowest BCUT2D eigenvalue weighted by Crippen LogP contribution is -2.25. The predicted molar refractivity (Wildman–Crippen MR) is 92.9 cm³/mol. The van der Waals surface area contributed by atoms with Gasteiger partial charge in [0.25, 0.3) is 0 Å². The van der Waals surface area contributed by atoms with Gasteiger partial charge in [0.1, 0.15) is 5.04 Å². The van der Waals surface area contributed by atoms with Crippen molar-refractivity contribution in [2.75, 3.05) is 5.38 Å². The number of nitrogens with zero attached hydrogens (tertiary/aromatic N) is 3. The van der Waals surface area contributed by atoms with E-state index in [9.17, 15) is 4.79 Å². The molecule has 0 aliphatic carbocycles. The number of carbonyl (C=O) groups is 1. The number of carbonyl (C=O) groups excluding carboxylic acids is 1. The molecule has 0 saturated carbocycles. The van der Waals surface area contributed by atoms with Crippen LogP contribution in [-0.2, 0) is 4.79 Å². The molecule has 0 atom stereocenters. The molecule has 0 unspecified atom stereocenters. The standard InChI is InChI=1S/C15H21N3OSSi/c1-11-6-12(2)8-13(7-11)15(18-14(19)9-17-16)20-10-21(3,4)5/h6-9H,10H2,1-5H3. The summed E-state index contributed by atoms with van der Waals surface area (Å²) in [5.41, 5.74) is 11.7. The third-order valence-corrected chi connectivity index (χ3v) is 7.13. The molecule has 0 spiro atoms. The van der Waals surface area contributed by atoms with Gasteiger partial charge in [-0.3, -0.25) is 4.79 Å². The smallest absolute Gasteiger partial charge is 0.352 e. The van der Waals surface area contributed by atoms with Crippen LogP contribution in [-0.4, -0.2) is 35.4 Å². The SMILES string of the molecule is Cc1cc(C)cc(C(=NC(=O)C=[N+]=[N-])SC[Si](C)(C)C)c1. The van der Waals surface area contributed by atoms with Gasteiger partial charge in [-0.05, 0) is 31.4 Å². The van der Waals surface area contributed by atoms with Crippen molar-refractivity contribution in [1.82, 2.24) is 0 Å². The number of thioether (sulfide) groups is 1. The highest BCUT2D eigenvalue weighted by Gasteiger charge is 2.17. The van der Waals surface area contributed by atoms with Crippen molar-refractivity contribution in [3.05, 3.63) is 40.4 Å². The molecule has 1 amide bonds. The quantitative estimate of drug-likeness (QED) is 0.280. The highest BCUT2D eigenvalue weighted by molar-refractivity contribution is 8.15. The topological polar surface area (TPSA) is 65.8 Å². The Morgan fingerprint density at radius 1 is 1.29 bits per heavy atom. The summed E-state index contributed by atoms with van der Waals surface area (Å²) in [6.45, 7) is 10.9. The van der Waals surface area contributed by atoms with Crippen molar-refractivity contribution < 1.29 is 9.58 Å². The van der Waals surface area contributed by atoms with Crippen LogP contribution in [0.2, 0.25) is 19.6 Å². The van der Waals surface area contributed by atoms with E-state index in [2.05, 4.69) is 35.5 Å². The Hall–Kier alpha value is -1.49. The molecule has 0 heterocycles. The molecule has 0 aliphatic heterocycles. The van der Waals surface area contributed by atoms with E-state index in [1.54, 1.807) is 11.8 Å². The fourth-order valence-corrected chi connectivity index (χ4v) is 4.46. The summed E-state index contributed by atoms with van der Waals surface area (Å²) >= 11 is 1.60. The van der Waals surface area contributed by atoms with Crippen LogP contribution < -0.4 is 0 Å². The second-order valence-corrected chi connectivity index (χ2v) is 13.2. The lowest BCUT2D eigenvalue weighted by molar-refractivity contribution is -0.114. The van der Waals surface area contributed by atoms with E-state index >= 15 is 0 Å². The number of aliphatic imine (C=N–C) groups is 1. The number of aryl methyl sites for hydroxylation is 2. The van der Waals surface area contributed by atoms with Crippen molar-refractivity contribution >= 4 is 37.0 Å². The Morgan fingerprint density at radius 3 is 2.33 bits per heavy atom. The van der Waals surface area contributed by atoms with Gasteiger partial charge in [-0.2, -0.15) is 9.78 Å². The summed E-state index contributed by atoms with van der Waals surface area (Å²) < 4.78 is 0. The maximum atomic E-state index is 11.6. The Labute approximate surface area is 131 Å². The van der Waals surface area contributed by atoms with Crippen LogP contribution in [0.1, 0.15) is 16.7 Å². The van der Waals surface area contributed by atoms with Crippen molar-refractivity contribution in [3.8, 4) is 0 Å². The van der Waals surface area contributed by atoms with Crippen LogP contribution in [0.3, 0.4) is 0 Å². The summed E-state index contributed by atoms with van der Waals surface area (Å²) in [6, 6.07) is 6.13. The van der Waals surface area contributed by atoms with Gasteiger partial charge >= 0.3 is 12.1 Å². The third-order valence-electron chi connectivity index (χ3n) is 2.49. The van der Waals surface area contributed by atoms with Gasteiger partial charge in [-0.15, -0.1) is 11.8 Å². The van der Waals surface area contributed by atoms with Gasteiger partial charge in [0.15, 0.2) is 0 Å². The van der Waals surface area contributed by atoms with Crippen LogP contribution in [0.25, 0.3) is 5.53 Å². The van der Waals surface area contributed by atoms with E-state index in [1.165, 1.54) is 0 Å². The molecule has 0 fully saturated rings. The molecular weight excluding hydrogens is 298 g/mol. The molecule has 0 N–H and O–H groups in total. The van der Waals surface area contributed by atoms with Crippen molar-refractivity contribution in [2.45, 2.75) is 33.5 Å². The van der Waals surface area contributed by atoms with Crippen molar-refractivity contribution in [2.24, 2.45) is 4.99 Å². The molecule has 0 bridgehead atoms. The summed E-state index contributed by atoms with van der Waals surface area (Å²) in [4.78, 5) is 18.4. The predicted octanol–water partition coefficient (Wildman–Crippen LogP) is 3.49. The number of rotatable bonds is 4. The molecule has 0 saturated heterocycles. The van der Waals surface area contributed by atoms with Gasteiger partial charge in [0.2, 0.25) is 0 Å². The summed E-state index contributed by atoms with van der Waals surface area (Å²) in [6.07, 6.45) is 0.817. The number of hydrogen-bond acceptors (Lipinski definition) is 2. The van der Waals surface area contributed by atoms with Crippen LogP contribution in [0.15, 0.2) is 23.2 Å². The van der Waals surface area contributed by atoms with E-state index in [4.69, 9.17) is 5.53 Å². The van der Waals surface area contributed by atoms with Gasteiger partial charge in [0.05, 0.1) is 8.07 Å². The maximum Gasteiger partial charge on any atom is 0.352 e. The van der Waals surface area contributed by atoms with Crippen LogP contribution in [0, 0.1) is 13.8 Å². The van der Waals surface area contributed by atoms with Crippen molar-refractivity contribution in [1.29, 1.82) is 0 Å². The van der Waals surface area contributed by atoms with Gasteiger partial charge in [0, 0.05) is 5.56 Å². The fraction of sp³-hybridized carbons (Fsp3) is 0.400. The van der Waals surface area contributed by atoms with E-state index < -0.39 is 14.0 Å². The number of hydrogen-bond donors (Lipinski definition) is 0. The molecule has 1 rings (SSSR count). The average molecular weight is 320 g/mol. The minimum absolute atomic E-state index is 0.547. The summed E-state index contributed by atoms with van der Waals surface area (Å²) in [5, 5.41) is 1.66. The summed E-state index contributed by atoms with van der Waals surface area (Å²) in [7, 11) is -1.26. The second kappa shape index (κ2) is 7.50. The van der Waals surface area contributed by atoms with Gasteiger partial charge in [-0.1, -0.05) is 36.8 Å². The zero-order chi connectivity index (χ0) is 16.0. The number of amides is 1. The largest absolute Gasteiger partial charge is 0.361 e. The summed E-state index contributed by atoms with van der Waals surface area (Å²) in [5.74, 6) is -0.547. The van der Waals surface area contributed by atoms with E-state index in [-0.39, 0.29) is 0 Å². The first-order chi connectivity index (χ1) is 9.71. The normalized spacial score (nSPS) is 12.0. The maximum absolute atomic E-state index is 11.6. The zero-order valence-corrected chi connectivity index (χ0v) is 15.0. The first-order valence-electron chi connectivity index (χ1n) is 6.73. The minimum atomic E-state index is -1.26. The molecular formula is C15H21N3OSSi. The van der Waals surface area contributed by atoms with Crippen LogP contribution in [0.5, 0.6) is 0 Å². The highest BCUT2D eigenvalue weighted by Crippen LogP contribution is 2.20. The molecule has 0 radical (unpaired) electrons. The van der Waals surface area contributed by atoms with Gasteiger partial charge in [-0.25, -0.2) is 0 Å². The fourth-order valence-electron chi connectivity index (χ4n) is 1.74. The lowest BCUT2D eigenvalue weighted by Gasteiger charge is -2.16. The van der Waals surface area contributed by atoms with Crippen LogP contribution >= 0.6 is 11.8 Å². The minimum Gasteiger partial charge on any atom is -0.361 e. The molecule has 0 aliphatic rings. The lowest BCUT2D eigenvalue weighted by atomic mass is 10.1. The second-order valence-electron chi connectivity index (χ2n) is 6.23. The van der Waals surface area contributed by atoms with Crippen LogP contribution in [0.4, 0.5) is 0 Å². The monoisotopic (exact) mass is 319 g/mol. The number of benzene rings is 1. The van der Waals surface area contributed by atoms with E-state index in [1.807, 2.05) is 26.0 Å². The van der Waals surface area contributed by atoms with Crippen molar-refractivity contribution in [3.63, 3.8) is 0 Å². The third kappa shape index (κ3) is 6.66. The first kappa shape index (κ1) is 17.6. The molecule has 112 valence electrons. The molecule has 1 aromatic carbocycles. The van der Waals surface area contributed by atoms with E-state index in [0.717, 1.165) is 28.3 Å². The molecule has 0 aromatic heterocycles. The Bertz CT molecular complexity index is 594. The Morgan fingerprint density at radius 2 is 1.86 bits per heavy atom. The first-order valence-corrected chi connectivity index (χ1v) is 11.4. The molecule has 21 heavy (non-hydrogen) atoms. The molecule has 4 nitrogen and oxygen atoms in total. The Kier molecular flexibility index (Phi) is 6.27. The zero-order valence-electron chi connectivity index (χ0n) is 13.2. The highest BCUT2D eigenvalue weighted by atomic mass is 32.2.